The molecular formula is C18H23FN4O3. The van der Waals surface area contributed by atoms with Crippen LogP contribution in [0.1, 0.15) is 43.5 Å². The highest BCUT2D eigenvalue weighted by molar-refractivity contribution is 5.97. The first-order valence-electron chi connectivity index (χ1n) is 8.58. The van der Waals surface area contributed by atoms with Crippen molar-refractivity contribution in [1.29, 1.82) is 10.8 Å². The second kappa shape index (κ2) is 9.21. The van der Waals surface area contributed by atoms with Crippen LogP contribution in [0.2, 0.25) is 0 Å². The van der Waals surface area contributed by atoms with Gasteiger partial charge in [0.15, 0.2) is 6.29 Å². The summed E-state index contributed by atoms with van der Waals surface area (Å²) in [4.78, 5) is 17.5. The molecule has 0 saturated carbocycles. The summed E-state index contributed by atoms with van der Waals surface area (Å²) in [7, 11) is 0. The topological polar surface area (TPSA) is 100 Å². The predicted molar refractivity (Wildman–Crippen MR) is 95.4 cm³/mol. The molecule has 0 bridgehead atoms. The van der Waals surface area contributed by atoms with Crippen LogP contribution < -0.4 is 11.0 Å². The minimum Gasteiger partial charge on any atom is -0.350 e. The normalized spacial score (nSPS) is 16.5. The monoisotopic (exact) mass is 362 g/mol. The Hall–Kier alpha value is -2.58. The molecule has 3 rings (SSSR count). The van der Waals surface area contributed by atoms with Crippen LogP contribution in [0, 0.1) is 16.6 Å². The standard InChI is InChI=1S/C16H17FN4O3.C2H6/c17-11-5-4-10-7-12(15(19)21(9-18)13(10)8-11)16(22)20-24-14-3-1-2-6-23-14;1-2/h4-5,7-9,14,18-19H,1-3,6H2,(H,20,22);1-2H3. The number of pyridine rings is 1. The van der Waals surface area contributed by atoms with Crippen LogP contribution in [-0.2, 0) is 9.57 Å². The number of ether oxygens (including phenoxy) is 1. The SMILES string of the molecule is CC.N=Cn1c(=N)c(C(=O)NOC2CCCCO2)cc2ccc(F)cc21. The first-order valence-corrected chi connectivity index (χ1v) is 8.58. The van der Waals surface area contributed by atoms with Gasteiger partial charge in [-0.25, -0.2) is 14.7 Å². The molecule has 26 heavy (non-hydrogen) atoms. The number of hydroxylamine groups is 1. The number of aromatic nitrogens is 1. The van der Waals surface area contributed by atoms with Crippen LogP contribution >= 0.6 is 0 Å². The molecular weight excluding hydrogens is 339 g/mol. The maximum atomic E-state index is 13.4. The summed E-state index contributed by atoms with van der Waals surface area (Å²) < 4.78 is 19.9. The number of carbonyl (C=O) groups is 1. The van der Waals surface area contributed by atoms with E-state index >= 15 is 0 Å². The minimum absolute atomic E-state index is 0.0217. The molecule has 1 atom stereocenters. The molecule has 0 spiro atoms. The van der Waals surface area contributed by atoms with Gasteiger partial charge >= 0.3 is 0 Å². The number of nitrogens with zero attached hydrogens (tertiary/aromatic N) is 1. The highest BCUT2D eigenvalue weighted by Crippen LogP contribution is 2.15. The van der Waals surface area contributed by atoms with Gasteiger partial charge in [0.2, 0.25) is 0 Å². The summed E-state index contributed by atoms with van der Waals surface area (Å²) in [5.41, 5.74) is 2.42. The van der Waals surface area contributed by atoms with E-state index in [-0.39, 0.29) is 11.1 Å². The first kappa shape index (κ1) is 19.7. The van der Waals surface area contributed by atoms with Crippen molar-refractivity contribution in [3.05, 3.63) is 41.1 Å². The molecule has 1 aromatic heterocycles. The maximum Gasteiger partial charge on any atom is 0.278 e. The molecule has 0 aliphatic carbocycles. The fraction of sp³-hybridized carbons (Fsp3) is 0.389. The summed E-state index contributed by atoms with van der Waals surface area (Å²) in [6.07, 6.45) is 2.98. The van der Waals surface area contributed by atoms with Crippen molar-refractivity contribution in [1.82, 2.24) is 10.0 Å². The largest absolute Gasteiger partial charge is 0.350 e. The highest BCUT2D eigenvalue weighted by atomic mass is 19.1. The quantitative estimate of drug-likeness (QED) is 0.443. The van der Waals surface area contributed by atoms with Crippen LogP contribution in [0.25, 0.3) is 10.9 Å². The van der Waals surface area contributed by atoms with Crippen molar-refractivity contribution >= 4 is 23.1 Å². The van der Waals surface area contributed by atoms with Gasteiger partial charge in [0, 0.05) is 13.0 Å². The fourth-order valence-electron chi connectivity index (χ4n) is 2.61. The van der Waals surface area contributed by atoms with Crippen molar-refractivity contribution in [2.45, 2.75) is 39.4 Å². The zero-order valence-corrected chi connectivity index (χ0v) is 14.8. The van der Waals surface area contributed by atoms with Crippen molar-refractivity contribution in [3.8, 4) is 0 Å². The number of hydrogen-bond acceptors (Lipinski definition) is 5. The molecule has 1 aliphatic heterocycles. The Morgan fingerprint density at radius 1 is 1.38 bits per heavy atom. The molecule has 2 heterocycles. The Balaban J connectivity index is 0.00000117. The third kappa shape index (κ3) is 4.33. The Bertz CT molecular complexity index is 844. The zero-order chi connectivity index (χ0) is 19.1. The summed E-state index contributed by atoms with van der Waals surface area (Å²) in [5.74, 6) is -1.09. The summed E-state index contributed by atoms with van der Waals surface area (Å²) in [6, 6.07) is 5.43. The maximum absolute atomic E-state index is 13.4. The molecule has 1 aromatic carbocycles. The lowest BCUT2D eigenvalue weighted by molar-refractivity contribution is -0.186. The van der Waals surface area contributed by atoms with E-state index in [1.54, 1.807) is 0 Å². The lowest BCUT2D eigenvalue weighted by atomic mass is 10.1. The van der Waals surface area contributed by atoms with Gasteiger partial charge in [-0.3, -0.25) is 20.2 Å². The Labute approximate surface area is 150 Å². The minimum atomic E-state index is -0.615. The molecule has 1 amide bonds. The second-order valence-electron chi connectivity index (χ2n) is 5.45. The van der Waals surface area contributed by atoms with Gasteiger partial charge < -0.3 is 4.74 Å². The molecule has 3 N–H and O–H groups in total. The van der Waals surface area contributed by atoms with E-state index < -0.39 is 18.0 Å². The van der Waals surface area contributed by atoms with E-state index in [4.69, 9.17) is 20.4 Å². The Kier molecular flexibility index (Phi) is 6.99. The summed E-state index contributed by atoms with van der Waals surface area (Å²) >= 11 is 0. The molecule has 1 aliphatic rings. The Morgan fingerprint density at radius 3 is 2.81 bits per heavy atom. The second-order valence-corrected chi connectivity index (χ2v) is 5.45. The smallest absolute Gasteiger partial charge is 0.278 e. The summed E-state index contributed by atoms with van der Waals surface area (Å²) in [5, 5.41) is 16.1. The van der Waals surface area contributed by atoms with E-state index in [1.165, 1.54) is 24.3 Å². The molecule has 2 aromatic rings. The Morgan fingerprint density at radius 2 is 2.15 bits per heavy atom. The lowest BCUT2D eigenvalue weighted by Crippen LogP contribution is -2.37. The third-order valence-corrected chi connectivity index (χ3v) is 3.84. The number of fused-ring (bicyclic) bond motifs is 1. The first-order chi connectivity index (χ1) is 12.6. The van der Waals surface area contributed by atoms with Gasteiger partial charge in [-0.15, -0.1) is 0 Å². The predicted octanol–water partition coefficient (Wildman–Crippen LogP) is 2.93. The van der Waals surface area contributed by atoms with Crippen molar-refractivity contribution in [2.24, 2.45) is 0 Å². The van der Waals surface area contributed by atoms with E-state index in [0.717, 1.165) is 23.7 Å². The molecule has 1 unspecified atom stereocenters. The summed E-state index contributed by atoms with van der Waals surface area (Å²) in [6.45, 7) is 4.58. The number of halogens is 1. The third-order valence-electron chi connectivity index (χ3n) is 3.84. The van der Waals surface area contributed by atoms with Crippen LogP contribution in [-0.4, -0.2) is 29.7 Å². The highest BCUT2D eigenvalue weighted by Gasteiger charge is 2.18. The lowest BCUT2D eigenvalue weighted by Gasteiger charge is -2.22. The van der Waals surface area contributed by atoms with Crippen LogP contribution in [0.5, 0.6) is 0 Å². The number of hydrogen-bond donors (Lipinski definition) is 3. The van der Waals surface area contributed by atoms with E-state index in [2.05, 4.69) is 5.48 Å². The number of carbonyl (C=O) groups excluding carboxylic acids is 1. The van der Waals surface area contributed by atoms with Gasteiger partial charge in [0.05, 0.1) is 17.4 Å². The van der Waals surface area contributed by atoms with Gasteiger partial charge in [-0.05, 0) is 42.5 Å². The van der Waals surface area contributed by atoms with E-state index in [9.17, 15) is 9.18 Å². The molecule has 7 nitrogen and oxygen atoms in total. The molecule has 1 fully saturated rings. The molecule has 8 heteroatoms. The average molecular weight is 362 g/mol. The van der Waals surface area contributed by atoms with Crippen LogP contribution in [0.4, 0.5) is 4.39 Å². The number of rotatable bonds is 4. The van der Waals surface area contributed by atoms with Crippen LogP contribution in [0.3, 0.4) is 0 Å². The molecule has 0 radical (unpaired) electrons. The average Bonchev–Trinajstić information content (AvgIpc) is 2.68. The van der Waals surface area contributed by atoms with Crippen molar-refractivity contribution in [3.63, 3.8) is 0 Å². The molecule has 140 valence electrons. The van der Waals surface area contributed by atoms with E-state index in [0.29, 0.717) is 23.9 Å². The van der Waals surface area contributed by atoms with Crippen LogP contribution in [0.15, 0.2) is 24.3 Å². The number of benzene rings is 1. The van der Waals surface area contributed by atoms with Gasteiger partial charge in [-0.2, -0.15) is 0 Å². The van der Waals surface area contributed by atoms with Crippen molar-refractivity contribution < 1.29 is 18.8 Å². The number of nitrogens with one attached hydrogen (secondary N) is 3. The van der Waals surface area contributed by atoms with Crippen molar-refractivity contribution in [2.75, 3.05) is 6.61 Å². The van der Waals surface area contributed by atoms with Gasteiger partial charge in [0.25, 0.3) is 5.91 Å². The molecule has 1 saturated heterocycles. The zero-order valence-electron chi connectivity index (χ0n) is 14.8. The fourth-order valence-corrected chi connectivity index (χ4v) is 2.61. The van der Waals surface area contributed by atoms with E-state index in [1.807, 2.05) is 13.8 Å². The van der Waals surface area contributed by atoms with Gasteiger partial charge in [-0.1, -0.05) is 13.8 Å². The van der Waals surface area contributed by atoms with Gasteiger partial charge in [0.1, 0.15) is 11.3 Å². The number of amides is 1.